The molecule has 1 aromatic heterocycles. The van der Waals surface area contributed by atoms with Crippen molar-refractivity contribution >= 4 is 33.5 Å². The molecule has 0 fully saturated rings. The van der Waals surface area contributed by atoms with Gasteiger partial charge in [-0.15, -0.1) is 0 Å². The fraction of sp³-hybridized carbons (Fsp3) is 0.233. The van der Waals surface area contributed by atoms with Crippen LogP contribution in [-0.2, 0) is 11.4 Å². The van der Waals surface area contributed by atoms with Gasteiger partial charge in [0.25, 0.3) is 5.91 Å². The number of carbonyl (C=O) groups excluding carboxylic acids is 1. The average molecular weight is 605 g/mol. The molecule has 0 spiro atoms. The first-order valence-electron chi connectivity index (χ1n) is 12.9. The van der Waals surface area contributed by atoms with Crippen LogP contribution in [0.15, 0.2) is 82.7 Å². The Morgan fingerprint density at radius 2 is 1.85 bits per heavy atom. The van der Waals surface area contributed by atoms with Crippen LogP contribution in [0.1, 0.15) is 36.6 Å². The highest BCUT2D eigenvalue weighted by molar-refractivity contribution is 9.10. The Morgan fingerprint density at radius 1 is 1.07 bits per heavy atom. The minimum absolute atomic E-state index is 0.297. The van der Waals surface area contributed by atoms with E-state index in [1.807, 2.05) is 56.3 Å². The molecule has 2 heterocycles. The van der Waals surface area contributed by atoms with Gasteiger partial charge in [-0.05, 0) is 77.7 Å². The van der Waals surface area contributed by atoms with E-state index in [4.69, 9.17) is 14.2 Å². The van der Waals surface area contributed by atoms with Gasteiger partial charge in [-0.3, -0.25) is 4.79 Å². The SMILES string of the molecule is CCOc1cc(C2C(C(=O)Nc3ccccc3OC)=C(C)Nc3ncnn32)cc(Br)c1OCc1ccccc1C. The molecular formula is C30H30BrN5O4. The van der Waals surface area contributed by atoms with E-state index >= 15 is 0 Å². The summed E-state index contributed by atoms with van der Waals surface area (Å²) >= 11 is 3.70. The van der Waals surface area contributed by atoms with Gasteiger partial charge in [-0.1, -0.05) is 36.4 Å². The molecule has 0 aliphatic carbocycles. The molecule has 10 heteroatoms. The number of aryl methyl sites for hydroxylation is 1. The number of fused-ring (bicyclic) bond motifs is 1. The Bertz CT molecular complexity index is 1580. The number of para-hydroxylation sites is 2. The standard InChI is InChI=1S/C30H30BrN5O4/c1-5-39-25-15-21(14-22(31)28(25)40-16-20-11-7-6-10-18(20)2)27-26(19(3)34-30-32-17-33-36(27)30)29(37)35-23-12-8-9-13-24(23)38-4/h6-15,17,27H,5,16H2,1-4H3,(H,35,37)(H,32,33,34). The summed E-state index contributed by atoms with van der Waals surface area (Å²) in [7, 11) is 1.57. The van der Waals surface area contributed by atoms with Gasteiger partial charge in [0.15, 0.2) is 11.5 Å². The van der Waals surface area contributed by atoms with Gasteiger partial charge in [-0.25, -0.2) is 4.68 Å². The molecule has 3 aromatic carbocycles. The number of aromatic nitrogens is 3. The number of carbonyl (C=O) groups is 1. The molecule has 0 saturated carbocycles. The number of nitrogens with one attached hydrogen (secondary N) is 2. The van der Waals surface area contributed by atoms with Crippen LogP contribution in [-0.4, -0.2) is 34.4 Å². The van der Waals surface area contributed by atoms with Crippen molar-refractivity contribution < 1.29 is 19.0 Å². The molecule has 1 atom stereocenters. The summed E-state index contributed by atoms with van der Waals surface area (Å²) in [4.78, 5) is 18.2. The number of ether oxygens (including phenoxy) is 3. The minimum Gasteiger partial charge on any atom is -0.495 e. The lowest BCUT2D eigenvalue weighted by Crippen LogP contribution is -2.31. The number of amides is 1. The smallest absolute Gasteiger partial charge is 0.255 e. The number of halogens is 1. The summed E-state index contributed by atoms with van der Waals surface area (Å²) < 4.78 is 20.1. The predicted octanol–water partition coefficient (Wildman–Crippen LogP) is 6.26. The quantitative estimate of drug-likeness (QED) is 0.233. The van der Waals surface area contributed by atoms with Gasteiger partial charge in [0.1, 0.15) is 24.7 Å². The molecule has 9 nitrogen and oxygen atoms in total. The first-order valence-corrected chi connectivity index (χ1v) is 13.7. The topological polar surface area (TPSA) is 99.5 Å². The van der Waals surface area contributed by atoms with Crippen molar-refractivity contribution in [3.63, 3.8) is 0 Å². The van der Waals surface area contributed by atoms with Crippen molar-refractivity contribution in [3.8, 4) is 17.2 Å². The van der Waals surface area contributed by atoms with Crippen molar-refractivity contribution in [2.24, 2.45) is 0 Å². The number of benzene rings is 3. The van der Waals surface area contributed by atoms with Crippen LogP contribution in [0.4, 0.5) is 11.6 Å². The molecule has 0 bridgehead atoms. The molecule has 206 valence electrons. The first-order chi connectivity index (χ1) is 19.4. The maximum Gasteiger partial charge on any atom is 0.255 e. The first kappa shape index (κ1) is 27.3. The van der Waals surface area contributed by atoms with E-state index in [0.717, 1.165) is 16.7 Å². The van der Waals surface area contributed by atoms with E-state index in [9.17, 15) is 4.79 Å². The van der Waals surface area contributed by atoms with Crippen LogP contribution in [0.5, 0.6) is 17.2 Å². The number of nitrogens with zero attached hydrogens (tertiary/aromatic N) is 3. The molecule has 1 aliphatic heterocycles. The Kier molecular flexibility index (Phi) is 8.06. The second-order valence-electron chi connectivity index (χ2n) is 9.23. The summed E-state index contributed by atoms with van der Waals surface area (Å²) in [6, 6.07) is 18.6. The third-order valence-corrected chi connectivity index (χ3v) is 7.26. The number of rotatable bonds is 9. The molecular weight excluding hydrogens is 574 g/mol. The van der Waals surface area contributed by atoms with Gasteiger partial charge in [0, 0.05) is 5.70 Å². The third-order valence-electron chi connectivity index (χ3n) is 6.67. The maximum absolute atomic E-state index is 13.8. The largest absolute Gasteiger partial charge is 0.495 e. The summed E-state index contributed by atoms with van der Waals surface area (Å²) in [6.07, 6.45) is 1.46. The van der Waals surface area contributed by atoms with Crippen LogP contribution in [0.3, 0.4) is 0 Å². The van der Waals surface area contributed by atoms with Crippen molar-refractivity contribution in [2.75, 3.05) is 24.4 Å². The monoisotopic (exact) mass is 603 g/mol. The zero-order valence-electron chi connectivity index (χ0n) is 22.7. The number of methoxy groups -OCH3 is 1. The van der Waals surface area contributed by atoms with Crippen molar-refractivity contribution in [1.82, 2.24) is 14.8 Å². The summed E-state index contributed by atoms with van der Waals surface area (Å²) in [6.45, 7) is 6.64. The lowest BCUT2D eigenvalue weighted by Gasteiger charge is -2.29. The molecule has 1 amide bonds. The van der Waals surface area contributed by atoms with Crippen LogP contribution < -0.4 is 24.8 Å². The van der Waals surface area contributed by atoms with Crippen molar-refractivity contribution in [2.45, 2.75) is 33.4 Å². The van der Waals surface area contributed by atoms with Gasteiger partial charge < -0.3 is 24.8 Å². The molecule has 4 aromatic rings. The minimum atomic E-state index is -0.589. The number of hydrogen-bond donors (Lipinski definition) is 2. The van der Waals surface area contributed by atoms with Crippen LogP contribution >= 0.6 is 15.9 Å². The molecule has 0 saturated heterocycles. The number of anilines is 2. The lowest BCUT2D eigenvalue weighted by atomic mass is 9.94. The molecule has 0 radical (unpaired) electrons. The molecule has 1 aliphatic rings. The summed E-state index contributed by atoms with van der Waals surface area (Å²) in [5.41, 5.74) is 4.71. The van der Waals surface area contributed by atoms with Gasteiger partial charge in [0.2, 0.25) is 5.95 Å². The summed E-state index contributed by atoms with van der Waals surface area (Å²) in [5.74, 6) is 1.94. The summed E-state index contributed by atoms with van der Waals surface area (Å²) in [5, 5.41) is 10.7. The van der Waals surface area contributed by atoms with E-state index in [2.05, 4.69) is 49.6 Å². The van der Waals surface area contributed by atoms with Gasteiger partial charge >= 0.3 is 0 Å². The zero-order valence-corrected chi connectivity index (χ0v) is 24.3. The van der Waals surface area contributed by atoms with Gasteiger partial charge in [0.05, 0.1) is 29.4 Å². The Balaban J connectivity index is 1.54. The highest BCUT2D eigenvalue weighted by Gasteiger charge is 2.35. The second-order valence-corrected chi connectivity index (χ2v) is 10.1. The third kappa shape index (κ3) is 5.40. The van der Waals surface area contributed by atoms with Gasteiger partial charge in [-0.2, -0.15) is 10.1 Å². The van der Waals surface area contributed by atoms with Crippen LogP contribution in [0, 0.1) is 6.92 Å². The van der Waals surface area contributed by atoms with E-state index in [-0.39, 0.29) is 5.91 Å². The lowest BCUT2D eigenvalue weighted by molar-refractivity contribution is -0.113. The predicted molar refractivity (Wildman–Crippen MR) is 157 cm³/mol. The number of hydrogen-bond acceptors (Lipinski definition) is 7. The Hall–Kier alpha value is -4.31. The van der Waals surface area contributed by atoms with E-state index in [1.54, 1.807) is 23.9 Å². The zero-order chi connectivity index (χ0) is 28.2. The van der Waals surface area contributed by atoms with Crippen molar-refractivity contribution in [1.29, 1.82) is 0 Å². The average Bonchev–Trinajstić information content (AvgIpc) is 3.41. The Labute approximate surface area is 241 Å². The van der Waals surface area contributed by atoms with E-state index in [1.165, 1.54) is 6.33 Å². The maximum atomic E-state index is 13.8. The fourth-order valence-corrected chi connectivity index (χ4v) is 5.28. The highest BCUT2D eigenvalue weighted by Crippen LogP contribution is 2.43. The normalized spacial score (nSPS) is 14.3. The molecule has 5 rings (SSSR count). The van der Waals surface area contributed by atoms with Crippen LogP contribution in [0.2, 0.25) is 0 Å². The van der Waals surface area contributed by atoms with Crippen molar-refractivity contribution in [3.05, 3.63) is 99.4 Å². The van der Waals surface area contributed by atoms with E-state index in [0.29, 0.717) is 57.8 Å². The Morgan fingerprint density at radius 3 is 2.62 bits per heavy atom. The molecule has 40 heavy (non-hydrogen) atoms. The number of allylic oxidation sites excluding steroid dienone is 1. The van der Waals surface area contributed by atoms with Crippen LogP contribution in [0.25, 0.3) is 0 Å². The second kappa shape index (κ2) is 11.8. The molecule has 1 unspecified atom stereocenters. The van der Waals surface area contributed by atoms with E-state index < -0.39 is 6.04 Å². The highest BCUT2D eigenvalue weighted by atomic mass is 79.9. The molecule has 2 N–H and O–H groups in total. The fourth-order valence-electron chi connectivity index (χ4n) is 4.70.